The molecule has 0 aliphatic heterocycles. The van der Waals surface area contributed by atoms with Crippen LogP contribution in [0.4, 0.5) is 10.5 Å². The molecule has 2 aromatic rings. The van der Waals surface area contributed by atoms with Crippen LogP contribution >= 0.6 is 0 Å². The number of anilines is 1. The van der Waals surface area contributed by atoms with E-state index in [-0.39, 0.29) is 6.03 Å². The molecule has 0 unspecified atom stereocenters. The van der Waals surface area contributed by atoms with E-state index < -0.39 is 0 Å². The van der Waals surface area contributed by atoms with Gasteiger partial charge in [-0.3, -0.25) is 0 Å². The van der Waals surface area contributed by atoms with Crippen LogP contribution in [0.5, 0.6) is 23.0 Å². The number of aryl methyl sites for hydroxylation is 1. The summed E-state index contributed by atoms with van der Waals surface area (Å²) in [7, 11) is 4.71. The number of ether oxygens (including phenoxy) is 4. The van der Waals surface area contributed by atoms with E-state index in [4.69, 9.17) is 18.9 Å². The number of urea groups is 1. The zero-order chi connectivity index (χ0) is 18.9. The van der Waals surface area contributed by atoms with Gasteiger partial charge in [0.2, 0.25) is 0 Å². The van der Waals surface area contributed by atoms with E-state index in [0.717, 1.165) is 5.56 Å². The van der Waals surface area contributed by atoms with Crippen LogP contribution in [-0.2, 0) is 0 Å². The summed E-state index contributed by atoms with van der Waals surface area (Å²) in [6, 6.07) is 10.5. The van der Waals surface area contributed by atoms with Gasteiger partial charge >= 0.3 is 6.03 Å². The lowest BCUT2D eigenvalue weighted by Crippen LogP contribution is -2.32. The number of methoxy groups -OCH3 is 3. The quantitative estimate of drug-likeness (QED) is 0.707. The lowest BCUT2D eigenvalue weighted by atomic mass is 10.2. The summed E-state index contributed by atoms with van der Waals surface area (Å²) < 4.78 is 21.2. The van der Waals surface area contributed by atoms with E-state index in [0.29, 0.717) is 41.8 Å². The van der Waals surface area contributed by atoms with Gasteiger partial charge in [0.05, 0.1) is 33.6 Å². The zero-order valence-corrected chi connectivity index (χ0v) is 15.4. The third kappa shape index (κ3) is 5.47. The molecule has 7 heteroatoms. The Morgan fingerprint density at radius 3 is 2.19 bits per heavy atom. The van der Waals surface area contributed by atoms with E-state index in [2.05, 4.69) is 10.6 Å². The standard InChI is InChI=1S/C19H24N2O5/c1-13-5-6-18(25-4)17(9-13)21-19(22)20-7-8-26-16-11-14(23-2)10-15(12-16)24-3/h5-6,9-12H,7-8H2,1-4H3,(H2,20,21,22). The first-order valence-corrected chi connectivity index (χ1v) is 8.11. The molecule has 0 heterocycles. The van der Waals surface area contributed by atoms with E-state index in [9.17, 15) is 4.79 Å². The highest BCUT2D eigenvalue weighted by atomic mass is 16.5. The van der Waals surface area contributed by atoms with Crippen molar-refractivity contribution < 1.29 is 23.7 Å². The fourth-order valence-electron chi connectivity index (χ4n) is 2.28. The lowest BCUT2D eigenvalue weighted by Gasteiger charge is -2.13. The van der Waals surface area contributed by atoms with Crippen LogP contribution in [0.1, 0.15) is 5.56 Å². The first kappa shape index (κ1) is 19.2. The lowest BCUT2D eigenvalue weighted by molar-refractivity contribution is 0.247. The van der Waals surface area contributed by atoms with Gasteiger partial charge in [-0.2, -0.15) is 0 Å². The van der Waals surface area contributed by atoms with Crippen LogP contribution in [0.25, 0.3) is 0 Å². The predicted molar refractivity (Wildman–Crippen MR) is 99.8 cm³/mol. The highest BCUT2D eigenvalue weighted by Crippen LogP contribution is 2.27. The van der Waals surface area contributed by atoms with Crippen LogP contribution in [-0.4, -0.2) is 40.5 Å². The number of amides is 2. The second kappa shape index (κ2) is 9.41. The smallest absolute Gasteiger partial charge is 0.319 e. The number of hydrogen-bond donors (Lipinski definition) is 2. The molecule has 26 heavy (non-hydrogen) atoms. The number of hydrogen-bond acceptors (Lipinski definition) is 5. The van der Waals surface area contributed by atoms with Crippen LogP contribution in [0, 0.1) is 6.92 Å². The molecule has 0 saturated heterocycles. The molecule has 2 aromatic carbocycles. The maximum absolute atomic E-state index is 12.0. The third-order valence-corrected chi connectivity index (χ3v) is 3.58. The van der Waals surface area contributed by atoms with Gasteiger partial charge in [-0.1, -0.05) is 6.07 Å². The van der Waals surface area contributed by atoms with Crippen molar-refractivity contribution in [2.45, 2.75) is 6.92 Å². The fourth-order valence-corrected chi connectivity index (χ4v) is 2.28. The minimum absolute atomic E-state index is 0.300. The number of carbonyl (C=O) groups excluding carboxylic acids is 1. The van der Waals surface area contributed by atoms with Gasteiger partial charge in [-0.15, -0.1) is 0 Å². The molecule has 0 fully saturated rings. The molecule has 0 radical (unpaired) electrons. The molecule has 0 saturated carbocycles. The number of benzene rings is 2. The fraction of sp³-hybridized carbons (Fsp3) is 0.316. The number of carbonyl (C=O) groups is 1. The summed E-state index contributed by atoms with van der Waals surface area (Å²) in [6.07, 6.45) is 0. The van der Waals surface area contributed by atoms with Gasteiger partial charge < -0.3 is 29.6 Å². The van der Waals surface area contributed by atoms with E-state index in [1.54, 1.807) is 39.5 Å². The molecule has 2 rings (SSSR count). The van der Waals surface area contributed by atoms with Gasteiger partial charge in [-0.25, -0.2) is 4.79 Å². The van der Waals surface area contributed by atoms with Gasteiger partial charge in [0.15, 0.2) is 0 Å². The summed E-state index contributed by atoms with van der Waals surface area (Å²) >= 11 is 0. The Balaban J connectivity index is 1.83. The second-order valence-corrected chi connectivity index (χ2v) is 5.48. The molecule has 140 valence electrons. The first-order valence-electron chi connectivity index (χ1n) is 8.11. The summed E-state index contributed by atoms with van der Waals surface area (Å²) in [5.74, 6) is 2.47. The number of nitrogens with one attached hydrogen (secondary N) is 2. The Morgan fingerprint density at radius 2 is 1.58 bits per heavy atom. The van der Waals surface area contributed by atoms with Crippen molar-refractivity contribution in [3.05, 3.63) is 42.0 Å². The Morgan fingerprint density at radius 1 is 0.923 bits per heavy atom. The highest BCUT2D eigenvalue weighted by Gasteiger charge is 2.08. The van der Waals surface area contributed by atoms with E-state index in [1.165, 1.54) is 0 Å². The molecule has 0 aliphatic rings. The maximum Gasteiger partial charge on any atom is 0.319 e. The largest absolute Gasteiger partial charge is 0.496 e. The summed E-state index contributed by atoms with van der Waals surface area (Å²) in [5, 5.41) is 5.50. The van der Waals surface area contributed by atoms with E-state index >= 15 is 0 Å². The van der Waals surface area contributed by atoms with Crippen molar-refractivity contribution in [1.29, 1.82) is 0 Å². The van der Waals surface area contributed by atoms with Crippen molar-refractivity contribution in [3.63, 3.8) is 0 Å². The topological polar surface area (TPSA) is 78.0 Å². The summed E-state index contributed by atoms with van der Waals surface area (Å²) in [5.41, 5.74) is 1.64. The Hall–Kier alpha value is -3.09. The molecule has 0 bridgehead atoms. The Kier molecular flexibility index (Phi) is 6.96. The Labute approximate surface area is 153 Å². The molecule has 7 nitrogen and oxygen atoms in total. The zero-order valence-electron chi connectivity index (χ0n) is 15.4. The van der Waals surface area contributed by atoms with Gasteiger partial charge in [0, 0.05) is 18.2 Å². The van der Waals surface area contributed by atoms with E-state index in [1.807, 2.05) is 25.1 Å². The monoisotopic (exact) mass is 360 g/mol. The molecule has 0 aliphatic carbocycles. The van der Waals surface area contributed by atoms with Crippen molar-refractivity contribution in [2.75, 3.05) is 39.8 Å². The molecule has 0 spiro atoms. The minimum atomic E-state index is -0.333. The van der Waals surface area contributed by atoms with Crippen LogP contribution in [0.3, 0.4) is 0 Å². The Bertz CT molecular complexity index is 726. The third-order valence-electron chi connectivity index (χ3n) is 3.58. The van der Waals surface area contributed by atoms with Gasteiger partial charge in [0.25, 0.3) is 0 Å². The molecule has 2 amide bonds. The van der Waals surface area contributed by atoms with Crippen molar-refractivity contribution in [1.82, 2.24) is 5.32 Å². The van der Waals surface area contributed by atoms with Crippen LogP contribution < -0.4 is 29.6 Å². The molecular formula is C19H24N2O5. The maximum atomic E-state index is 12.0. The molecule has 0 aromatic heterocycles. The first-order chi connectivity index (χ1) is 12.5. The highest BCUT2D eigenvalue weighted by molar-refractivity contribution is 5.91. The van der Waals surface area contributed by atoms with Crippen molar-refractivity contribution in [3.8, 4) is 23.0 Å². The van der Waals surface area contributed by atoms with Gasteiger partial charge in [0.1, 0.15) is 29.6 Å². The average molecular weight is 360 g/mol. The second-order valence-electron chi connectivity index (χ2n) is 5.48. The number of rotatable bonds is 8. The van der Waals surface area contributed by atoms with Crippen LogP contribution in [0.2, 0.25) is 0 Å². The SMILES string of the molecule is COc1cc(OC)cc(OCCNC(=O)Nc2cc(C)ccc2OC)c1. The van der Waals surface area contributed by atoms with Gasteiger partial charge in [-0.05, 0) is 24.6 Å². The summed E-state index contributed by atoms with van der Waals surface area (Å²) in [6.45, 7) is 2.58. The summed E-state index contributed by atoms with van der Waals surface area (Å²) in [4.78, 5) is 12.0. The average Bonchev–Trinajstić information content (AvgIpc) is 2.65. The molecular weight excluding hydrogens is 336 g/mol. The van der Waals surface area contributed by atoms with Crippen molar-refractivity contribution in [2.24, 2.45) is 0 Å². The van der Waals surface area contributed by atoms with Crippen LogP contribution in [0.15, 0.2) is 36.4 Å². The van der Waals surface area contributed by atoms with Crippen molar-refractivity contribution >= 4 is 11.7 Å². The predicted octanol–water partition coefficient (Wildman–Crippen LogP) is 3.22. The normalized spacial score (nSPS) is 10.0. The minimum Gasteiger partial charge on any atom is -0.496 e. The molecule has 2 N–H and O–H groups in total. The molecule has 0 atom stereocenters.